The molecule has 2 N–H and O–H groups in total. The molecule has 4 nitrogen and oxygen atoms in total. The first-order chi connectivity index (χ1) is 7.13. The van der Waals surface area contributed by atoms with Crippen molar-refractivity contribution < 1.29 is 4.39 Å². The predicted molar refractivity (Wildman–Crippen MR) is 55.1 cm³/mol. The molecule has 0 bridgehead atoms. The summed E-state index contributed by atoms with van der Waals surface area (Å²) in [7, 11) is 0. The number of allylic oxidation sites excluding steroid dienone is 2. The maximum absolute atomic E-state index is 12.9. The largest absolute Gasteiger partial charge is 0.400 e. The van der Waals surface area contributed by atoms with Gasteiger partial charge in [0, 0.05) is 18.0 Å². The second-order valence-corrected chi connectivity index (χ2v) is 2.80. The van der Waals surface area contributed by atoms with Crippen LogP contribution in [0, 0.1) is 11.3 Å². The number of rotatable bonds is 2. The van der Waals surface area contributed by atoms with E-state index in [0.717, 1.165) is 6.21 Å². The van der Waals surface area contributed by atoms with Gasteiger partial charge in [-0.3, -0.25) is 4.99 Å². The van der Waals surface area contributed by atoms with Crippen LogP contribution in [0.25, 0.3) is 0 Å². The van der Waals surface area contributed by atoms with Crippen LogP contribution in [0.15, 0.2) is 34.8 Å². The van der Waals surface area contributed by atoms with Crippen LogP contribution in [0.1, 0.15) is 12.6 Å². The van der Waals surface area contributed by atoms with Crippen LogP contribution in [0.3, 0.4) is 0 Å². The summed E-state index contributed by atoms with van der Waals surface area (Å²) in [5, 5.41) is 8.56. The lowest BCUT2D eigenvalue weighted by molar-refractivity contribution is 0.672. The molecule has 0 saturated carbocycles. The summed E-state index contributed by atoms with van der Waals surface area (Å²) in [6.07, 6.45) is 2.44. The molecule has 5 heteroatoms. The first-order valence-corrected chi connectivity index (χ1v) is 4.15. The van der Waals surface area contributed by atoms with Crippen LogP contribution in [0.4, 0.5) is 10.1 Å². The average molecular weight is 204 g/mol. The molecule has 1 aromatic rings. The molecule has 0 aliphatic heterocycles. The van der Waals surface area contributed by atoms with Gasteiger partial charge >= 0.3 is 0 Å². The number of hydrogen-bond donors (Lipinski definition) is 1. The van der Waals surface area contributed by atoms with E-state index in [-0.39, 0.29) is 11.4 Å². The number of halogens is 1. The van der Waals surface area contributed by atoms with Crippen molar-refractivity contribution in [3.8, 4) is 6.07 Å². The number of nitriles is 1. The Balaban J connectivity index is 2.91. The summed E-state index contributed by atoms with van der Waals surface area (Å²) >= 11 is 0. The number of pyridine rings is 1. The Morgan fingerprint density at radius 3 is 3.07 bits per heavy atom. The van der Waals surface area contributed by atoms with Crippen LogP contribution < -0.4 is 5.73 Å². The Bertz CT molecular complexity index is 453. The zero-order valence-electron chi connectivity index (χ0n) is 8.11. The highest BCUT2D eigenvalue weighted by Gasteiger charge is 1.95. The second-order valence-electron chi connectivity index (χ2n) is 2.80. The molecule has 0 aromatic carbocycles. The van der Waals surface area contributed by atoms with E-state index >= 15 is 0 Å². The third-order valence-corrected chi connectivity index (χ3v) is 1.56. The van der Waals surface area contributed by atoms with Gasteiger partial charge in [-0.25, -0.2) is 9.37 Å². The van der Waals surface area contributed by atoms with Gasteiger partial charge in [-0.15, -0.1) is 0 Å². The van der Waals surface area contributed by atoms with Gasteiger partial charge in [-0.05, 0) is 13.0 Å². The molecule has 0 aliphatic carbocycles. The van der Waals surface area contributed by atoms with Crippen molar-refractivity contribution in [2.75, 3.05) is 0 Å². The fourth-order valence-corrected chi connectivity index (χ4v) is 0.794. The molecular weight excluding hydrogens is 195 g/mol. The minimum atomic E-state index is -0.592. The molecule has 0 unspecified atom stereocenters. The zero-order valence-corrected chi connectivity index (χ0v) is 8.11. The van der Waals surface area contributed by atoms with E-state index in [4.69, 9.17) is 11.0 Å². The number of aliphatic imine (C=N–C) groups is 1. The molecule has 0 aliphatic rings. The topological polar surface area (TPSA) is 75.1 Å². The molecule has 0 atom stereocenters. The number of nitrogens with two attached hydrogens (primary N) is 1. The standard InChI is InChI=1S/C10H9FN4/c1-7(13)10(11)6-15-8-2-3-14-9(4-8)5-12/h2-4,6H,13H2,1H3. The quantitative estimate of drug-likeness (QED) is 0.746. The van der Waals surface area contributed by atoms with Crippen LogP contribution in [-0.4, -0.2) is 11.2 Å². The van der Waals surface area contributed by atoms with Crippen molar-refractivity contribution in [2.24, 2.45) is 10.7 Å². The molecule has 76 valence electrons. The van der Waals surface area contributed by atoms with Crippen molar-refractivity contribution in [1.29, 1.82) is 5.26 Å². The summed E-state index contributed by atoms with van der Waals surface area (Å²) in [6, 6.07) is 4.88. The first-order valence-electron chi connectivity index (χ1n) is 4.15. The van der Waals surface area contributed by atoms with E-state index in [2.05, 4.69) is 9.98 Å². The van der Waals surface area contributed by atoms with Crippen LogP contribution in [0.2, 0.25) is 0 Å². The van der Waals surface area contributed by atoms with E-state index in [1.54, 1.807) is 6.07 Å². The molecule has 1 aromatic heterocycles. The molecule has 0 spiro atoms. The number of aromatic nitrogens is 1. The van der Waals surface area contributed by atoms with E-state index in [1.165, 1.54) is 19.2 Å². The van der Waals surface area contributed by atoms with Crippen molar-refractivity contribution in [3.05, 3.63) is 35.5 Å². The highest BCUT2D eigenvalue weighted by Crippen LogP contribution is 2.11. The van der Waals surface area contributed by atoms with E-state index in [0.29, 0.717) is 5.69 Å². The lowest BCUT2D eigenvalue weighted by Gasteiger charge is -1.93. The predicted octanol–water partition coefficient (Wildman–Crippen LogP) is 1.82. The monoisotopic (exact) mass is 204 g/mol. The Labute approximate surface area is 86.6 Å². The van der Waals surface area contributed by atoms with Gasteiger partial charge in [0.2, 0.25) is 0 Å². The van der Waals surface area contributed by atoms with Gasteiger partial charge < -0.3 is 5.73 Å². The minimum absolute atomic E-state index is 0.0633. The Kier molecular flexibility index (Phi) is 3.52. The normalized spacial score (nSPS) is 12.3. The third kappa shape index (κ3) is 3.19. The van der Waals surface area contributed by atoms with Gasteiger partial charge in [-0.2, -0.15) is 5.26 Å². The second kappa shape index (κ2) is 4.86. The van der Waals surface area contributed by atoms with Crippen LogP contribution in [0.5, 0.6) is 0 Å². The molecule has 0 amide bonds. The number of hydrogen-bond acceptors (Lipinski definition) is 4. The molecule has 1 rings (SSSR count). The van der Waals surface area contributed by atoms with E-state index < -0.39 is 5.83 Å². The summed E-state index contributed by atoms with van der Waals surface area (Å²) in [5.74, 6) is -0.592. The third-order valence-electron chi connectivity index (χ3n) is 1.56. The number of nitrogens with zero attached hydrogens (tertiary/aromatic N) is 3. The minimum Gasteiger partial charge on any atom is -0.400 e. The van der Waals surface area contributed by atoms with E-state index in [9.17, 15) is 4.39 Å². The van der Waals surface area contributed by atoms with Crippen molar-refractivity contribution in [2.45, 2.75) is 6.92 Å². The van der Waals surface area contributed by atoms with Crippen molar-refractivity contribution in [3.63, 3.8) is 0 Å². The fraction of sp³-hybridized carbons (Fsp3) is 0.100. The summed E-state index contributed by atoms with van der Waals surface area (Å²) in [6.45, 7) is 1.44. The van der Waals surface area contributed by atoms with E-state index in [1.807, 2.05) is 6.07 Å². The zero-order chi connectivity index (χ0) is 11.3. The summed E-state index contributed by atoms with van der Waals surface area (Å²) in [5.41, 5.74) is 5.96. The molecule has 0 fully saturated rings. The molecular formula is C10H9FN4. The molecule has 15 heavy (non-hydrogen) atoms. The van der Waals surface area contributed by atoms with Crippen molar-refractivity contribution in [1.82, 2.24) is 4.98 Å². The lowest BCUT2D eigenvalue weighted by Crippen LogP contribution is -1.94. The average Bonchev–Trinajstić information content (AvgIpc) is 2.26. The first kappa shape index (κ1) is 10.9. The SMILES string of the molecule is CC(N)=C(F)C=Nc1ccnc(C#N)c1. The Morgan fingerprint density at radius 2 is 2.47 bits per heavy atom. The van der Waals surface area contributed by atoms with Gasteiger partial charge in [0.05, 0.1) is 11.9 Å². The highest BCUT2D eigenvalue weighted by molar-refractivity contribution is 5.79. The smallest absolute Gasteiger partial charge is 0.159 e. The molecule has 0 saturated heterocycles. The summed E-state index contributed by atoms with van der Waals surface area (Å²) < 4.78 is 12.9. The maximum Gasteiger partial charge on any atom is 0.159 e. The van der Waals surface area contributed by atoms with Gasteiger partial charge in [0.1, 0.15) is 11.8 Å². The fourth-order valence-electron chi connectivity index (χ4n) is 0.794. The van der Waals surface area contributed by atoms with Gasteiger partial charge in [0.25, 0.3) is 0 Å². The van der Waals surface area contributed by atoms with Crippen LogP contribution >= 0.6 is 0 Å². The van der Waals surface area contributed by atoms with Gasteiger partial charge in [0.15, 0.2) is 5.83 Å². The highest BCUT2D eigenvalue weighted by atomic mass is 19.1. The van der Waals surface area contributed by atoms with Crippen LogP contribution in [-0.2, 0) is 0 Å². The molecule has 1 heterocycles. The molecule has 0 radical (unpaired) electrons. The summed E-state index contributed by atoms with van der Waals surface area (Å²) in [4.78, 5) is 7.56. The lowest BCUT2D eigenvalue weighted by atomic mass is 10.3. The Morgan fingerprint density at radius 1 is 1.73 bits per heavy atom. The van der Waals surface area contributed by atoms with Crippen molar-refractivity contribution >= 4 is 11.9 Å². The Hall–Kier alpha value is -2.22. The maximum atomic E-state index is 12.9. The van der Waals surface area contributed by atoms with Gasteiger partial charge in [-0.1, -0.05) is 0 Å².